The van der Waals surface area contributed by atoms with Crippen LogP contribution in [0.2, 0.25) is 0 Å². The Labute approximate surface area is 171 Å². The first-order valence-corrected chi connectivity index (χ1v) is 8.63. The van der Waals surface area contributed by atoms with Crippen LogP contribution in [0.5, 0.6) is 11.6 Å². The third-order valence-electron chi connectivity index (χ3n) is 3.74. The summed E-state index contributed by atoms with van der Waals surface area (Å²) in [5.74, 6) is 1.49. The molecular formula is C16H19N4NaO3S. The second kappa shape index (κ2) is 8.27. The fraction of sp³-hybridized carbons (Fsp3) is 0.312. The van der Waals surface area contributed by atoms with Gasteiger partial charge in [0.15, 0.2) is 10.8 Å². The normalized spacial score (nSPS) is 11.8. The SMILES string of the molecule is COc1ccc2[nH]c([S@](=O)Cc3ncc(C)c(OC)c3C)nc2n1.[H-].[Na+]. The zero-order valence-electron chi connectivity index (χ0n) is 15.9. The van der Waals surface area contributed by atoms with Gasteiger partial charge in [0.05, 0.1) is 42.0 Å². The summed E-state index contributed by atoms with van der Waals surface area (Å²) in [7, 11) is 1.79. The van der Waals surface area contributed by atoms with Crippen molar-refractivity contribution in [1.82, 2.24) is 19.9 Å². The van der Waals surface area contributed by atoms with Gasteiger partial charge in [0.25, 0.3) is 0 Å². The van der Waals surface area contributed by atoms with Crippen molar-refractivity contribution in [3.8, 4) is 11.6 Å². The van der Waals surface area contributed by atoms with Crippen molar-refractivity contribution in [2.45, 2.75) is 24.8 Å². The molecule has 1 atom stereocenters. The van der Waals surface area contributed by atoms with Crippen molar-refractivity contribution >= 4 is 22.0 Å². The van der Waals surface area contributed by atoms with Crippen LogP contribution in [0.1, 0.15) is 18.2 Å². The second-order valence-electron chi connectivity index (χ2n) is 5.30. The molecule has 0 saturated heterocycles. The number of imidazole rings is 1. The molecule has 25 heavy (non-hydrogen) atoms. The van der Waals surface area contributed by atoms with Crippen LogP contribution in [-0.4, -0.2) is 38.4 Å². The van der Waals surface area contributed by atoms with E-state index in [-0.39, 0.29) is 36.7 Å². The van der Waals surface area contributed by atoms with Gasteiger partial charge >= 0.3 is 29.6 Å². The molecule has 0 radical (unpaired) electrons. The number of fused-ring (bicyclic) bond motifs is 1. The average molecular weight is 370 g/mol. The van der Waals surface area contributed by atoms with E-state index in [9.17, 15) is 4.21 Å². The Morgan fingerprint density at radius 3 is 2.64 bits per heavy atom. The minimum Gasteiger partial charge on any atom is -1.00 e. The third kappa shape index (κ3) is 4.03. The van der Waals surface area contributed by atoms with Gasteiger partial charge in [-0.15, -0.1) is 0 Å². The van der Waals surface area contributed by atoms with E-state index in [0.29, 0.717) is 22.2 Å². The third-order valence-corrected chi connectivity index (χ3v) is 4.90. The van der Waals surface area contributed by atoms with Crippen LogP contribution in [0.4, 0.5) is 0 Å². The molecule has 0 aliphatic heterocycles. The molecular weight excluding hydrogens is 351 g/mol. The number of aromatic nitrogens is 4. The zero-order chi connectivity index (χ0) is 17.3. The molecule has 0 unspecified atom stereocenters. The van der Waals surface area contributed by atoms with Crippen LogP contribution >= 0.6 is 0 Å². The molecule has 9 heteroatoms. The number of rotatable bonds is 5. The van der Waals surface area contributed by atoms with Crippen LogP contribution in [0.15, 0.2) is 23.5 Å². The molecule has 0 fully saturated rings. The summed E-state index contributed by atoms with van der Waals surface area (Å²) in [5.41, 5.74) is 3.75. The Hall–Kier alpha value is -1.48. The van der Waals surface area contributed by atoms with E-state index >= 15 is 0 Å². The predicted molar refractivity (Wildman–Crippen MR) is 91.9 cm³/mol. The number of H-pyrrole nitrogens is 1. The number of methoxy groups -OCH3 is 2. The smallest absolute Gasteiger partial charge is 1.00 e. The van der Waals surface area contributed by atoms with E-state index < -0.39 is 10.8 Å². The molecule has 3 rings (SSSR count). The fourth-order valence-electron chi connectivity index (χ4n) is 2.48. The molecule has 128 valence electrons. The second-order valence-corrected chi connectivity index (χ2v) is 6.67. The van der Waals surface area contributed by atoms with E-state index in [4.69, 9.17) is 9.47 Å². The Balaban J connectivity index is 0.00000169. The number of ether oxygens (including phenoxy) is 2. The van der Waals surface area contributed by atoms with E-state index in [0.717, 1.165) is 22.6 Å². The summed E-state index contributed by atoms with van der Waals surface area (Å²) >= 11 is 0. The summed E-state index contributed by atoms with van der Waals surface area (Å²) < 4.78 is 23.1. The molecule has 0 saturated carbocycles. The van der Waals surface area contributed by atoms with Crippen molar-refractivity contribution in [3.05, 3.63) is 35.2 Å². The predicted octanol–water partition coefficient (Wildman–Crippen LogP) is -0.589. The minimum atomic E-state index is -1.37. The number of pyridine rings is 2. The molecule has 0 spiro atoms. The first kappa shape index (κ1) is 19.8. The van der Waals surface area contributed by atoms with Gasteiger partial charge in [0, 0.05) is 23.4 Å². The van der Waals surface area contributed by atoms with Gasteiger partial charge in [0.1, 0.15) is 5.75 Å². The van der Waals surface area contributed by atoms with Crippen molar-refractivity contribution in [3.63, 3.8) is 0 Å². The Morgan fingerprint density at radius 2 is 1.96 bits per heavy atom. The molecule has 7 nitrogen and oxygen atoms in total. The van der Waals surface area contributed by atoms with Crippen LogP contribution in [0, 0.1) is 13.8 Å². The zero-order valence-corrected chi connectivity index (χ0v) is 17.7. The van der Waals surface area contributed by atoms with E-state index in [1.165, 1.54) is 0 Å². The Kier molecular flexibility index (Phi) is 6.56. The topological polar surface area (TPSA) is 90.0 Å². The maximum absolute atomic E-state index is 12.7. The first-order chi connectivity index (χ1) is 11.5. The fourth-order valence-corrected chi connectivity index (χ4v) is 3.57. The standard InChI is InChI=1S/C16H18N4O3S.Na.H/c1-9-7-17-12(10(2)14(9)23-4)8-24(21)16-18-11-5-6-13(22-3)19-15(11)20-16;;/h5-7H,8H2,1-4H3,(H,18,19,20);;/q;+1;-1/t24-;;/m1../s1. The van der Waals surface area contributed by atoms with Gasteiger partial charge in [-0.2, -0.15) is 4.98 Å². The summed E-state index contributed by atoms with van der Waals surface area (Å²) in [6, 6.07) is 3.52. The molecule has 3 aromatic heterocycles. The van der Waals surface area contributed by atoms with Crippen LogP contribution in [0.25, 0.3) is 11.2 Å². The first-order valence-electron chi connectivity index (χ1n) is 7.31. The monoisotopic (exact) mass is 370 g/mol. The van der Waals surface area contributed by atoms with Crippen LogP contribution < -0.4 is 39.0 Å². The van der Waals surface area contributed by atoms with Gasteiger partial charge < -0.3 is 15.9 Å². The van der Waals surface area contributed by atoms with Crippen molar-refractivity contribution < 1.29 is 44.7 Å². The van der Waals surface area contributed by atoms with E-state index in [1.54, 1.807) is 32.5 Å². The summed E-state index contributed by atoms with van der Waals surface area (Å²) in [6.45, 7) is 3.84. The van der Waals surface area contributed by atoms with Crippen LogP contribution in [0.3, 0.4) is 0 Å². The number of hydrogen-bond donors (Lipinski definition) is 1. The molecule has 1 N–H and O–H groups in total. The van der Waals surface area contributed by atoms with Gasteiger partial charge in [-0.1, -0.05) is 0 Å². The number of aryl methyl sites for hydroxylation is 1. The number of nitrogens with zero attached hydrogens (tertiary/aromatic N) is 3. The average Bonchev–Trinajstić information content (AvgIpc) is 3.01. The Morgan fingerprint density at radius 1 is 1.20 bits per heavy atom. The van der Waals surface area contributed by atoms with Crippen molar-refractivity contribution in [2.24, 2.45) is 0 Å². The molecule has 0 aromatic carbocycles. The molecule has 3 aromatic rings. The number of hydrogen-bond acceptors (Lipinski definition) is 6. The molecule has 3 heterocycles. The largest absolute Gasteiger partial charge is 1.00 e. The van der Waals surface area contributed by atoms with Crippen LogP contribution in [-0.2, 0) is 16.6 Å². The molecule has 0 aliphatic carbocycles. The van der Waals surface area contributed by atoms with Gasteiger partial charge in [-0.3, -0.25) is 9.19 Å². The summed E-state index contributed by atoms with van der Waals surface area (Å²) in [5, 5.41) is 0.367. The van der Waals surface area contributed by atoms with E-state index in [1.807, 2.05) is 13.8 Å². The van der Waals surface area contributed by atoms with E-state index in [2.05, 4.69) is 19.9 Å². The maximum Gasteiger partial charge on any atom is 1.00 e. The van der Waals surface area contributed by atoms with Gasteiger partial charge in [0.2, 0.25) is 5.88 Å². The van der Waals surface area contributed by atoms with Gasteiger partial charge in [-0.25, -0.2) is 4.98 Å². The quantitative estimate of drug-likeness (QED) is 0.604. The summed E-state index contributed by atoms with van der Waals surface area (Å²) in [6.07, 6.45) is 1.73. The molecule has 0 aliphatic rings. The minimum absolute atomic E-state index is 0. The molecule has 0 amide bonds. The van der Waals surface area contributed by atoms with Crippen molar-refractivity contribution in [2.75, 3.05) is 14.2 Å². The summed E-state index contributed by atoms with van der Waals surface area (Å²) in [4.78, 5) is 15.9. The number of nitrogens with one attached hydrogen (secondary N) is 1. The number of aromatic amines is 1. The van der Waals surface area contributed by atoms with Gasteiger partial charge in [-0.05, 0) is 19.9 Å². The molecule has 0 bridgehead atoms. The maximum atomic E-state index is 12.7. The van der Waals surface area contributed by atoms with Crippen molar-refractivity contribution in [1.29, 1.82) is 0 Å². The Bertz CT molecular complexity index is 935.